The van der Waals surface area contributed by atoms with Crippen molar-refractivity contribution in [3.63, 3.8) is 0 Å². The highest BCUT2D eigenvalue weighted by Crippen LogP contribution is 2.27. The van der Waals surface area contributed by atoms with Crippen molar-refractivity contribution in [2.75, 3.05) is 26.2 Å². The van der Waals surface area contributed by atoms with Crippen molar-refractivity contribution in [1.82, 2.24) is 19.8 Å². The number of rotatable bonds is 3. The molecule has 1 amide bonds. The molecule has 1 aromatic carbocycles. The third kappa shape index (κ3) is 3.53. The number of fused-ring (bicyclic) bond motifs is 2. The van der Waals surface area contributed by atoms with Crippen LogP contribution in [0.2, 0.25) is 0 Å². The molecule has 1 aromatic heterocycles. The van der Waals surface area contributed by atoms with E-state index in [0.29, 0.717) is 6.54 Å². The summed E-state index contributed by atoms with van der Waals surface area (Å²) in [5.74, 6) is 2.74. The molecule has 2 aliphatic heterocycles. The van der Waals surface area contributed by atoms with Gasteiger partial charge in [-0.05, 0) is 49.9 Å². The maximum atomic E-state index is 12.9. The zero-order chi connectivity index (χ0) is 16.5. The molecule has 2 fully saturated rings. The average molecular weight is 363 g/mol. The molecule has 25 heavy (non-hydrogen) atoms. The summed E-state index contributed by atoms with van der Waals surface area (Å²) in [4.78, 5) is 19.7. The van der Waals surface area contributed by atoms with Gasteiger partial charge in [0.05, 0.1) is 11.0 Å². The van der Waals surface area contributed by atoms with Gasteiger partial charge in [-0.2, -0.15) is 0 Å². The van der Waals surface area contributed by atoms with Gasteiger partial charge in [0.2, 0.25) is 5.91 Å². The van der Waals surface area contributed by atoms with Crippen molar-refractivity contribution in [2.24, 2.45) is 11.8 Å². The van der Waals surface area contributed by atoms with Crippen LogP contribution in [0.25, 0.3) is 11.0 Å². The second kappa shape index (κ2) is 7.75. The minimum Gasteiger partial charge on any atom is -0.341 e. The smallest absolute Gasteiger partial charge is 0.242 e. The number of halogens is 1. The third-order valence-corrected chi connectivity index (χ3v) is 5.72. The number of imidazole rings is 1. The Labute approximate surface area is 155 Å². The van der Waals surface area contributed by atoms with Crippen LogP contribution in [0.5, 0.6) is 0 Å². The number of nitrogens with zero attached hydrogens (tertiary/aromatic N) is 3. The van der Waals surface area contributed by atoms with Crippen LogP contribution in [0.1, 0.15) is 25.6 Å². The van der Waals surface area contributed by atoms with E-state index >= 15 is 0 Å². The van der Waals surface area contributed by atoms with E-state index in [0.717, 1.165) is 74.1 Å². The number of carbonyl (C=O) groups excluding carboxylic acids is 1. The minimum absolute atomic E-state index is 0. The van der Waals surface area contributed by atoms with Gasteiger partial charge in [0.1, 0.15) is 12.4 Å². The number of aromatic nitrogens is 2. The second-order valence-electron chi connectivity index (χ2n) is 7.09. The van der Waals surface area contributed by atoms with E-state index in [-0.39, 0.29) is 18.3 Å². The topological polar surface area (TPSA) is 50.2 Å². The number of aryl methyl sites for hydroxylation is 1. The van der Waals surface area contributed by atoms with E-state index < -0.39 is 0 Å². The van der Waals surface area contributed by atoms with Gasteiger partial charge in [-0.3, -0.25) is 4.79 Å². The summed E-state index contributed by atoms with van der Waals surface area (Å²) in [6.45, 7) is 6.56. The van der Waals surface area contributed by atoms with Crippen LogP contribution in [0.15, 0.2) is 24.3 Å². The van der Waals surface area contributed by atoms with Crippen molar-refractivity contribution >= 4 is 29.3 Å². The van der Waals surface area contributed by atoms with E-state index in [1.165, 1.54) is 0 Å². The normalized spacial score (nSPS) is 23.2. The Bertz CT molecular complexity index is 730. The minimum atomic E-state index is 0. The van der Waals surface area contributed by atoms with Crippen molar-refractivity contribution in [2.45, 2.75) is 32.7 Å². The lowest BCUT2D eigenvalue weighted by Gasteiger charge is -2.22. The van der Waals surface area contributed by atoms with Crippen LogP contribution in [-0.4, -0.2) is 46.5 Å². The standard InChI is InChI=1S/C19H26N4O.ClH/c1-2-18-21-16-5-3-4-6-17(16)23(18)13-19(24)22-9-7-14-11-20-12-15(14)8-10-22;/h3-6,14-15,20H,2,7-13H2,1H3;1H/t14-,15+;. The molecule has 0 unspecified atom stereocenters. The Morgan fingerprint density at radius 1 is 1.20 bits per heavy atom. The fraction of sp³-hybridized carbons (Fsp3) is 0.579. The van der Waals surface area contributed by atoms with Crippen molar-refractivity contribution < 1.29 is 4.79 Å². The second-order valence-corrected chi connectivity index (χ2v) is 7.09. The summed E-state index contributed by atoms with van der Waals surface area (Å²) >= 11 is 0. The molecule has 2 saturated heterocycles. The van der Waals surface area contributed by atoms with Crippen LogP contribution in [-0.2, 0) is 17.8 Å². The van der Waals surface area contributed by atoms with Crippen LogP contribution in [0.3, 0.4) is 0 Å². The van der Waals surface area contributed by atoms with E-state index in [1.54, 1.807) is 0 Å². The zero-order valence-corrected chi connectivity index (χ0v) is 15.6. The molecule has 0 spiro atoms. The average Bonchev–Trinajstić information content (AvgIpc) is 3.14. The molecule has 2 atom stereocenters. The van der Waals surface area contributed by atoms with Crippen LogP contribution >= 0.6 is 12.4 Å². The summed E-state index contributed by atoms with van der Waals surface area (Å²) in [7, 11) is 0. The fourth-order valence-electron chi connectivity index (χ4n) is 4.27. The predicted molar refractivity (Wildman–Crippen MR) is 102 cm³/mol. The van der Waals surface area contributed by atoms with Crippen molar-refractivity contribution in [1.29, 1.82) is 0 Å². The van der Waals surface area contributed by atoms with Gasteiger partial charge < -0.3 is 14.8 Å². The Kier molecular flexibility index (Phi) is 5.64. The summed E-state index contributed by atoms with van der Waals surface area (Å²) in [5, 5.41) is 3.49. The Balaban J connectivity index is 0.00000182. The molecular formula is C19H27ClN4O. The number of hydrogen-bond donors (Lipinski definition) is 1. The van der Waals surface area contributed by atoms with E-state index in [9.17, 15) is 4.79 Å². The third-order valence-electron chi connectivity index (χ3n) is 5.72. The first kappa shape index (κ1) is 18.2. The van der Waals surface area contributed by atoms with Gasteiger partial charge in [-0.15, -0.1) is 12.4 Å². The number of hydrogen-bond acceptors (Lipinski definition) is 3. The summed E-state index contributed by atoms with van der Waals surface area (Å²) in [6, 6.07) is 8.11. The maximum Gasteiger partial charge on any atom is 0.242 e. The molecule has 6 heteroatoms. The summed E-state index contributed by atoms with van der Waals surface area (Å²) in [6.07, 6.45) is 3.11. The number of likely N-dealkylation sites (tertiary alicyclic amines) is 1. The molecule has 136 valence electrons. The van der Waals surface area contributed by atoms with E-state index in [2.05, 4.69) is 32.8 Å². The highest BCUT2D eigenvalue weighted by atomic mass is 35.5. The number of amides is 1. The molecule has 2 aliphatic rings. The van der Waals surface area contributed by atoms with E-state index in [1.807, 2.05) is 18.2 Å². The number of benzene rings is 1. The molecule has 2 aromatic rings. The lowest BCUT2D eigenvalue weighted by Crippen LogP contribution is -2.35. The lowest BCUT2D eigenvalue weighted by molar-refractivity contribution is -0.131. The fourth-order valence-corrected chi connectivity index (χ4v) is 4.27. The molecule has 5 nitrogen and oxygen atoms in total. The summed E-state index contributed by atoms with van der Waals surface area (Å²) < 4.78 is 2.10. The molecule has 4 rings (SSSR count). The van der Waals surface area contributed by atoms with Crippen molar-refractivity contribution in [3.8, 4) is 0 Å². The molecule has 3 heterocycles. The molecule has 1 N–H and O–H groups in total. The largest absolute Gasteiger partial charge is 0.341 e. The van der Waals surface area contributed by atoms with Gasteiger partial charge in [-0.1, -0.05) is 19.1 Å². The first-order valence-corrected chi connectivity index (χ1v) is 9.19. The highest BCUT2D eigenvalue weighted by Gasteiger charge is 2.31. The predicted octanol–water partition coefficient (Wildman–Crippen LogP) is 2.48. The molecule has 0 radical (unpaired) electrons. The molecule has 0 aliphatic carbocycles. The van der Waals surface area contributed by atoms with Gasteiger partial charge in [0.25, 0.3) is 0 Å². The Morgan fingerprint density at radius 3 is 2.56 bits per heavy atom. The van der Waals surface area contributed by atoms with E-state index in [4.69, 9.17) is 0 Å². The Hall–Kier alpha value is -1.59. The summed E-state index contributed by atoms with van der Waals surface area (Å²) in [5.41, 5.74) is 2.05. The monoisotopic (exact) mass is 362 g/mol. The van der Waals surface area contributed by atoms with Crippen LogP contribution in [0, 0.1) is 11.8 Å². The maximum absolute atomic E-state index is 12.9. The van der Waals surface area contributed by atoms with Crippen LogP contribution in [0.4, 0.5) is 0 Å². The molecule has 0 bridgehead atoms. The zero-order valence-electron chi connectivity index (χ0n) is 14.8. The van der Waals surface area contributed by atoms with Gasteiger partial charge in [-0.25, -0.2) is 4.98 Å². The lowest BCUT2D eigenvalue weighted by atomic mass is 9.92. The van der Waals surface area contributed by atoms with Crippen LogP contribution < -0.4 is 5.32 Å². The first-order chi connectivity index (χ1) is 11.8. The number of para-hydroxylation sites is 2. The first-order valence-electron chi connectivity index (χ1n) is 9.19. The number of carbonyl (C=O) groups is 1. The van der Waals surface area contributed by atoms with Gasteiger partial charge >= 0.3 is 0 Å². The van der Waals surface area contributed by atoms with Crippen molar-refractivity contribution in [3.05, 3.63) is 30.1 Å². The highest BCUT2D eigenvalue weighted by molar-refractivity contribution is 5.85. The molecule has 0 saturated carbocycles. The van der Waals surface area contributed by atoms with Gasteiger partial charge in [0, 0.05) is 19.5 Å². The number of nitrogens with one attached hydrogen (secondary N) is 1. The Morgan fingerprint density at radius 2 is 1.88 bits per heavy atom. The quantitative estimate of drug-likeness (QED) is 0.912. The SMILES string of the molecule is CCc1nc2ccccc2n1CC(=O)N1CC[C@@H]2CNC[C@@H]2CC1.Cl. The van der Waals surface area contributed by atoms with Gasteiger partial charge in [0.15, 0.2) is 0 Å². The molecular weight excluding hydrogens is 336 g/mol.